The Morgan fingerprint density at radius 2 is 1.88 bits per heavy atom. The molecule has 0 N–H and O–H groups in total. The minimum atomic E-state index is 0. The van der Waals surface area contributed by atoms with E-state index in [1.54, 1.807) is 0 Å². The number of Topliss-reactive ketones (excluding diaryl/α,β-unsaturated/α-hetero) is 1. The molecule has 16 heavy (non-hydrogen) atoms. The fourth-order valence-electron chi connectivity index (χ4n) is 3.83. The number of piperidine rings is 1. The van der Waals surface area contributed by atoms with Crippen LogP contribution in [0.4, 0.5) is 0 Å². The lowest BCUT2D eigenvalue weighted by molar-refractivity contribution is -0.126. The Bertz CT molecular complexity index is 263. The molecule has 2 aliphatic carbocycles. The smallest absolute Gasteiger partial charge is 0.140 e. The number of hydrogen-bond acceptors (Lipinski definition) is 2. The van der Waals surface area contributed by atoms with Crippen LogP contribution in [-0.4, -0.2) is 30.3 Å². The van der Waals surface area contributed by atoms with Gasteiger partial charge in [-0.05, 0) is 51.1 Å². The van der Waals surface area contributed by atoms with Crippen molar-refractivity contribution in [1.82, 2.24) is 4.90 Å². The van der Waals surface area contributed by atoms with Gasteiger partial charge in [0.15, 0.2) is 0 Å². The zero-order valence-corrected chi connectivity index (χ0v) is 10.7. The van der Waals surface area contributed by atoms with Gasteiger partial charge in [0.2, 0.25) is 0 Å². The number of nitrogens with zero attached hydrogens (tertiary/aromatic N) is 1. The molecule has 1 heterocycles. The number of carbonyl (C=O) groups excluding carboxylic acids is 1. The Morgan fingerprint density at radius 1 is 1.12 bits per heavy atom. The highest BCUT2D eigenvalue weighted by Gasteiger charge is 2.46. The zero-order chi connectivity index (χ0) is 10.3. The molecule has 92 valence electrons. The molecule has 3 atom stereocenters. The van der Waals surface area contributed by atoms with Crippen LogP contribution in [0.3, 0.4) is 0 Å². The molecule has 3 heteroatoms. The maximum atomic E-state index is 12.0. The highest BCUT2D eigenvalue weighted by molar-refractivity contribution is 5.87. The molecule has 0 aromatic heterocycles. The van der Waals surface area contributed by atoms with Crippen LogP contribution in [0.2, 0.25) is 0 Å². The maximum absolute atomic E-state index is 12.0. The van der Waals surface area contributed by atoms with Crippen LogP contribution >= 0.6 is 12.4 Å². The fourth-order valence-corrected chi connectivity index (χ4v) is 3.83. The van der Waals surface area contributed by atoms with E-state index < -0.39 is 0 Å². The molecule has 2 bridgehead atoms. The number of halogens is 1. The summed E-state index contributed by atoms with van der Waals surface area (Å²) < 4.78 is 0. The van der Waals surface area contributed by atoms with E-state index in [1.165, 1.54) is 51.6 Å². The molecule has 0 amide bonds. The molecule has 0 aromatic rings. The number of fused-ring (bicyclic) bond motifs is 2. The average Bonchev–Trinajstić information content (AvgIpc) is 2.84. The number of likely N-dealkylation sites (tertiary alicyclic amines) is 1. The molecule has 0 aromatic carbocycles. The van der Waals surface area contributed by atoms with Crippen molar-refractivity contribution in [2.24, 2.45) is 17.8 Å². The number of hydrogen-bond donors (Lipinski definition) is 0. The number of carbonyl (C=O) groups is 1. The lowest BCUT2D eigenvalue weighted by Crippen LogP contribution is -2.38. The first-order chi connectivity index (χ1) is 7.34. The van der Waals surface area contributed by atoms with Gasteiger partial charge in [-0.1, -0.05) is 6.42 Å². The second-order valence-electron chi connectivity index (χ2n) is 5.64. The van der Waals surface area contributed by atoms with Crippen molar-refractivity contribution < 1.29 is 4.79 Å². The lowest BCUT2D eigenvalue weighted by atomic mass is 9.87. The van der Waals surface area contributed by atoms with Gasteiger partial charge in [0.1, 0.15) is 5.78 Å². The highest BCUT2D eigenvalue weighted by atomic mass is 35.5. The predicted octanol–water partition coefficient (Wildman–Crippen LogP) is 2.51. The Kier molecular flexibility index (Phi) is 3.91. The average molecular weight is 244 g/mol. The van der Waals surface area contributed by atoms with Gasteiger partial charge < -0.3 is 4.90 Å². The minimum absolute atomic E-state index is 0. The lowest BCUT2D eigenvalue weighted by Gasteiger charge is -2.31. The first kappa shape index (κ1) is 12.4. The van der Waals surface area contributed by atoms with Gasteiger partial charge in [0.05, 0.1) is 0 Å². The van der Waals surface area contributed by atoms with E-state index in [4.69, 9.17) is 0 Å². The topological polar surface area (TPSA) is 20.3 Å². The molecule has 2 nitrogen and oxygen atoms in total. The summed E-state index contributed by atoms with van der Waals surface area (Å²) in [5.41, 5.74) is 0. The molecule has 3 rings (SSSR count). The zero-order valence-electron chi connectivity index (χ0n) is 9.86. The molecule has 3 fully saturated rings. The summed E-state index contributed by atoms with van der Waals surface area (Å²) in [6.45, 7) is 3.56. The molecule has 1 aliphatic heterocycles. The number of rotatable bonds is 2. The van der Waals surface area contributed by atoms with Crippen molar-refractivity contribution in [3.8, 4) is 0 Å². The molecule has 1 saturated heterocycles. The van der Waals surface area contributed by atoms with Gasteiger partial charge >= 0.3 is 0 Å². The molecule has 0 spiro atoms. The minimum Gasteiger partial charge on any atom is -0.303 e. The van der Waals surface area contributed by atoms with Crippen LogP contribution in [0.1, 0.15) is 38.5 Å². The summed E-state index contributed by atoms with van der Waals surface area (Å²) >= 11 is 0. The quantitative estimate of drug-likeness (QED) is 0.743. The molecule has 1 unspecified atom stereocenters. The number of ketones is 1. The van der Waals surface area contributed by atoms with Crippen molar-refractivity contribution in [2.45, 2.75) is 38.5 Å². The first-order valence-electron chi connectivity index (χ1n) is 6.60. The Labute approximate surface area is 104 Å². The van der Waals surface area contributed by atoms with E-state index in [-0.39, 0.29) is 12.4 Å². The third-order valence-electron chi connectivity index (χ3n) is 4.71. The van der Waals surface area contributed by atoms with Crippen LogP contribution in [0.15, 0.2) is 0 Å². The van der Waals surface area contributed by atoms with Crippen LogP contribution in [0, 0.1) is 17.8 Å². The van der Waals surface area contributed by atoms with Crippen molar-refractivity contribution >= 4 is 18.2 Å². The summed E-state index contributed by atoms with van der Waals surface area (Å²) in [4.78, 5) is 14.5. The first-order valence-corrected chi connectivity index (χ1v) is 6.60. The molecule has 3 aliphatic rings. The van der Waals surface area contributed by atoms with E-state index in [0.29, 0.717) is 17.6 Å². The van der Waals surface area contributed by atoms with Gasteiger partial charge in [-0.2, -0.15) is 0 Å². The van der Waals surface area contributed by atoms with E-state index in [0.717, 1.165) is 12.5 Å². The summed E-state index contributed by atoms with van der Waals surface area (Å²) in [7, 11) is 0. The molecular formula is C13H22ClNO. The monoisotopic (exact) mass is 243 g/mol. The largest absolute Gasteiger partial charge is 0.303 e. The van der Waals surface area contributed by atoms with Crippen molar-refractivity contribution in [2.75, 3.05) is 19.6 Å². The van der Waals surface area contributed by atoms with Crippen molar-refractivity contribution in [3.05, 3.63) is 0 Å². The molecule has 2 saturated carbocycles. The van der Waals surface area contributed by atoms with Gasteiger partial charge in [0.25, 0.3) is 0 Å². The van der Waals surface area contributed by atoms with Gasteiger partial charge in [-0.25, -0.2) is 0 Å². The van der Waals surface area contributed by atoms with Gasteiger partial charge in [-0.15, -0.1) is 12.4 Å². The van der Waals surface area contributed by atoms with Gasteiger partial charge in [0, 0.05) is 18.4 Å². The molecular weight excluding hydrogens is 222 g/mol. The van der Waals surface area contributed by atoms with Crippen LogP contribution < -0.4 is 0 Å². The third-order valence-corrected chi connectivity index (χ3v) is 4.71. The van der Waals surface area contributed by atoms with E-state index in [9.17, 15) is 4.79 Å². The SMILES string of the molecule is Cl.O=C1[C@@H]2CCC(C2)[C@@H]1CN1CCCCC1. The molecule has 0 radical (unpaired) electrons. The van der Waals surface area contributed by atoms with E-state index >= 15 is 0 Å². The Hall–Kier alpha value is -0.0800. The fraction of sp³-hybridized carbons (Fsp3) is 0.923. The summed E-state index contributed by atoms with van der Waals surface area (Å²) in [6, 6.07) is 0. The maximum Gasteiger partial charge on any atom is 0.140 e. The normalized spacial score (nSPS) is 38.8. The second kappa shape index (κ2) is 5.05. The van der Waals surface area contributed by atoms with E-state index in [2.05, 4.69) is 4.90 Å². The van der Waals surface area contributed by atoms with Crippen molar-refractivity contribution in [1.29, 1.82) is 0 Å². The van der Waals surface area contributed by atoms with Crippen LogP contribution in [-0.2, 0) is 4.79 Å². The van der Waals surface area contributed by atoms with Crippen LogP contribution in [0.5, 0.6) is 0 Å². The van der Waals surface area contributed by atoms with Gasteiger partial charge in [-0.3, -0.25) is 4.79 Å². The van der Waals surface area contributed by atoms with Crippen molar-refractivity contribution in [3.63, 3.8) is 0 Å². The summed E-state index contributed by atoms with van der Waals surface area (Å²) in [5.74, 6) is 2.24. The van der Waals surface area contributed by atoms with E-state index in [1.807, 2.05) is 0 Å². The standard InChI is InChI=1S/C13H21NO.ClH/c15-13-11-5-4-10(8-11)12(13)9-14-6-2-1-3-7-14;/h10-12H,1-9H2;1H/t10?,11-,12+;/m1./s1. The predicted molar refractivity (Wildman–Crippen MR) is 66.9 cm³/mol. The van der Waals surface area contributed by atoms with Crippen LogP contribution in [0.25, 0.3) is 0 Å². The third kappa shape index (κ3) is 2.14. The Balaban J connectivity index is 0.000000963. The Morgan fingerprint density at radius 3 is 2.50 bits per heavy atom. The highest BCUT2D eigenvalue weighted by Crippen LogP contribution is 2.46. The summed E-state index contributed by atoms with van der Waals surface area (Å²) in [5, 5.41) is 0. The summed E-state index contributed by atoms with van der Waals surface area (Å²) in [6.07, 6.45) is 7.82. The second-order valence-corrected chi connectivity index (χ2v) is 5.64.